The van der Waals surface area contributed by atoms with Crippen LogP contribution in [0, 0.1) is 6.92 Å². The van der Waals surface area contributed by atoms with Crippen LogP contribution in [0.5, 0.6) is 5.75 Å². The van der Waals surface area contributed by atoms with E-state index in [1.807, 2.05) is 30.3 Å². The van der Waals surface area contributed by atoms with Crippen LogP contribution in [-0.2, 0) is 30.4 Å². The summed E-state index contributed by atoms with van der Waals surface area (Å²) in [4.78, 5) is 11.5. The van der Waals surface area contributed by atoms with Crippen LogP contribution in [0.1, 0.15) is 5.56 Å². The van der Waals surface area contributed by atoms with Crippen molar-refractivity contribution in [3.8, 4) is 5.75 Å². The fourth-order valence-electron chi connectivity index (χ4n) is 4.48. The Morgan fingerprint density at radius 2 is 1.35 bits per heavy atom. The standard InChI is InChI=1S/C27H22ClN7O10S3.3Na/c1-14-10-21(47(40,41)42)19(13-20(14)46(37,38)39)33-34-23-22(48(43,44)45)12-15-11-16(8-9-18(15)24(23)36)29-26-30-25(28)31-27(32-26)35(2)17-6-4-3-5-7-17;;;/h3-13,36H,1-2H3,(H,37,38,39)(H,40,41,42)(H,43,44,45)(H,29,30,31,32);;;. The van der Waals surface area contributed by atoms with Gasteiger partial charge in [-0.1, -0.05) is 18.2 Å². The first-order valence-electron chi connectivity index (χ1n) is 13.1. The Bertz CT molecular complexity index is 2480. The van der Waals surface area contributed by atoms with Gasteiger partial charge in [0.25, 0.3) is 30.4 Å². The number of nitrogens with one attached hydrogen (secondary N) is 1. The number of hydrogen-bond donors (Lipinski definition) is 5. The molecule has 1 aromatic heterocycles. The van der Waals surface area contributed by atoms with Gasteiger partial charge in [0.2, 0.25) is 17.2 Å². The Morgan fingerprint density at radius 3 is 1.94 bits per heavy atom. The molecule has 5 aromatic rings. The number of phenols is 1. The van der Waals surface area contributed by atoms with Crippen LogP contribution in [0.4, 0.5) is 34.6 Å². The van der Waals surface area contributed by atoms with Crippen molar-refractivity contribution in [2.45, 2.75) is 21.6 Å². The smallest absolute Gasteiger partial charge is 0.296 e. The summed E-state index contributed by atoms with van der Waals surface area (Å²) in [5.74, 6) is -0.630. The topological polar surface area (TPSA) is 262 Å². The molecule has 0 spiro atoms. The minimum Gasteiger partial charge on any atom is -0.505 e. The van der Waals surface area contributed by atoms with Crippen LogP contribution in [0.15, 0.2) is 91.6 Å². The first kappa shape index (κ1) is 45.3. The van der Waals surface area contributed by atoms with E-state index in [0.717, 1.165) is 18.7 Å². The van der Waals surface area contributed by atoms with Gasteiger partial charge in [-0.3, -0.25) is 13.7 Å². The number of aryl methyl sites for hydroxylation is 1. The molecule has 4 aromatic carbocycles. The second-order valence-electron chi connectivity index (χ2n) is 9.97. The summed E-state index contributed by atoms with van der Waals surface area (Å²) in [6.45, 7) is 1.13. The quantitative estimate of drug-likeness (QED) is 0.0794. The van der Waals surface area contributed by atoms with Crippen molar-refractivity contribution in [1.82, 2.24) is 15.0 Å². The Hall–Kier alpha value is -1.83. The number of para-hydroxylation sites is 1. The van der Waals surface area contributed by atoms with E-state index >= 15 is 0 Å². The van der Waals surface area contributed by atoms with E-state index < -0.39 is 62.2 Å². The Labute approximate surface area is 363 Å². The number of nitrogens with zero attached hydrogens (tertiary/aromatic N) is 6. The summed E-state index contributed by atoms with van der Waals surface area (Å²) in [5, 5.41) is 21.0. The second kappa shape index (κ2) is 17.5. The summed E-state index contributed by atoms with van der Waals surface area (Å²) >= 11 is 6.13. The van der Waals surface area contributed by atoms with Crippen molar-refractivity contribution in [2.24, 2.45) is 10.2 Å². The zero-order chi connectivity index (χ0) is 35.2. The minimum atomic E-state index is -5.14. The molecule has 51 heavy (non-hydrogen) atoms. The SMILES string of the molecule is Cc1cc(S(=O)(=O)O)c(N=Nc2c(S(=O)(=O)O)cc3cc(Nc4nc(Cl)nc(N(C)c5ccccc5)n4)ccc3c2O)cc1S(=O)(=O)O.[Na].[Na].[Na]. The molecule has 0 aliphatic carbocycles. The average Bonchev–Trinajstić information content (AvgIpc) is 2.99. The first-order valence-corrected chi connectivity index (χ1v) is 17.8. The summed E-state index contributed by atoms with van der Waals surface area (Å²) in [5.41, 5.74) is -0.945. The molecular formula is C27H22ClN7Na3O10S3. The molecule has 0 fully saturated rings. The monoisotopic (exact) mass is 804 g/mol. The molecule has 0 bridgehead atoms. The summed E-state index contributed by atoms with van der Waals surface area (Å²) in [7, 11) is -13.4. The maximum atomic E-state index is 12.4. The van der Waals surface area contributed by atoms with Crippen LogP contribution in [0.2, 0.25) is 5.28 Å². The molecule has 17 nitrogen and oxygen atoms in total. The molecule has 0 saturated carbocycles. The van der Waals surface area contributed by atoms with Crippen molar-refractivity contribution in [3.05, 3.63) is 77.6 Å². The van der Waals surface area contributed by atoms with E-state index in [1.54, 1.807) is 11.9 Å². The molecular weight excluding hydrogens is 783 g/mol. The number of hydrogen-bond acceptors (Lipinski definition) is 14. The maximum absolute atomic E-state index is 12.4. The van der Waals surface area contributed by atoms with Gasteiger partial charge in [-0.15, -0.1) is 10.2 Å². The van der Waals surface area contributed by atoms with Gasteiger partial charge in [-0.25, -0.2) is 0 Å². The summed E-state index contributed by atoms with van der Waals surface area (Å²) in [6, 6.07) is 15.5. The third-order valence-electron chi connectivity index (χ3n) is 6.69. The van der Waals surface area contributed by atoms with E-state index in [1.165, 1.54) is 18.2 Å². The molecule has 0 atom stereocenters. The molecule has 3 radical (unpaired) electrons. The van der Waals surface area contributed by atoms with Gasteiger partial charge in [0.05, 0.1) is 4.90 Å². The largest absolute Gasteiger partial charge is 0.505 e. The summed E-state index contributed by atoms with van der Waals surface area (Å²) < 4.78 is 101. The van der Waals surface area contributed by atoms with E-state index in [4.69, 9.17) is 11.6 Å². The first-order chi connectivity index (χ1) is 22.3. The van der Waals surface area contributed by atoms with Crippen LogP contribution in [0.25, 0.3) is 10.8 Å². The predicted molar refractivity (Wildman–Crippen MR) is 190 cm³/mol. The van der Waals surface area contributed by atoms with Gasteiger partial charge in [-0.2, -0.15) is 40.2 Å². The van der Waals surface area contributed by atoms with Crippen LogP contribution >= 0.6 is 11.6 Å². The maximum Gasteiger partial charge on any atom is 0.296 e. The molecule has 0 aliphatic rings. The third-order valence-corrected chi connectivity index (χ3v) is 9.61. The molecule has 0 aliphatic heterocycles. The molecule has 1 heterocycles. The van der Waals surface area contributed by atoms with Crippen molar-refractivity contribution >= 4 is 176 Å². The van der Waals surface area contributed by atoms with Crippen molar-refractivity contribution in [3.63, 3.8) is 0 Å². The molecule has 253 valence electrons. The molecule has 24 heteroatoms. The number of azo groups is 1. The molecule has 0 amide bonds. The van der Waals surface area contributed by atoms with Crippen molar-refractivity contribution in [2.75, 3.05) is 17.3 Å². The number of halogens is 1. The Balaban J connectivity index is 0.00000300. The molecule has 0 unspecified atom stereocenters. The normalized spacial score (nSPS) is 11.7. The zero-order valence-electron chi connectivity index (χ0n) is 27.4. The number of fused-ring (bicyclic) bond motifs is 1. The molecule has 5 rings (SSSR count). The number of aromatic hydroxyl groups is 1. The van der Waals surface area contributed by atoms with Crippen LogP contribution in [0.3, 0.4) is 0 Å². The van der Waals surface area contributed by atoms with E-state index in [9.17, 15) is 44.0 Å². The predicted octanol–water partition coefficient (Wildman–Crippen LogP) is 4.22. The van der Waals surface area contributed by atoms with Gasteiger partial charge in [0.15, 0.2) is 5.75 Å². The van der Waals surface area contributed by atoms with Gasteiger partial charge in [0.1, 0.15) is 21.2 Å². The van der Waals surface area contributed by atoms with E-state index in [0.29, 0.717) is 12.1 Å². The minimum absolute atomic E-state index is 0. The number of benzene rings is 4. The number of rotatable bonds is 9. The number of aromatic nitrogens is 3. The van der Waals surface area contributed by atoms with Crippen molar-refractivity contribution in [1.29, 1.82) is 0 Å². The fraction of sp³-hybridized carbons (Fsp3) is 0.0741. The van der Waals surface area contributed by atoms with E-state index in [2.05, 4.69) is 30.5 Å². The van der Waals surface area contributed by atoms with Crippen molar-refractivity contribution < 1.29 is 44.0 Å². The Morgan fingerprint density at radius 1 is 0.745 bits per heavy atom. The van der Waals surface area contributed by atoms with Crippen LogP contribution < -0.4 is 10.2 Å². The van der Waals surface area contributed by atoms with Gasteiger partial charge >= 0.3 is 0 Å². The number of anilines is 4. The van der Waals surface area contributed by atoms with Gasteiger partial charge < -0.3 is 15.3 Å². The third kappa shape index (κ3) is 10.7. The molecule has 0 saturated heterocycles. The van der Waals surface area contributed by atoms with Gasteiger partial charge in [-0.05, 0) is 78.0 Å². The van der Waals surface area contributed by atoms with Crippen LogP contribution in [-0.4, -0.2) is 155 Å². The second-order valence-corrected chi connectivity index (χ2v) is 14.5. The zero-order valence-corrected chi connectivity index (χ0v) is 36.6. The molecule has 5 N–H and O–H groups in total. The summed E-state index contributed by atoms with van der Waals surface area (Å²) in [6.07, 6.45) is 0. The number of phenolic OH excluding ortho intramolecular Hbond substituents is 1. The van der Waals surface area contributed by atoms with E-state index in [-0.39, 0.29) is 128 Å². The average molecular weight is 805 g/mol. The van der Waals surface area contributed by atoms with Gasteiger partial charge in [0, 0.05) is 112 Å². The fourth-order valence-corrected chi connectivity index (χ4v) is 6.71. The Kier molecular flexibility index (Phi) is 15.6.